The van der Waals surface area contributed by atoms with Crippen LogP contribution in [0.15, 0.2) is 23.5 Å². The molecule has 36 heavy (non-hydrogen) atoms. The van der Waals surface area contributed by atoms with Crippen LogP contribution in [-0.4, -0.2) is 74.2 Å². The number of guanidine groups is 1. The van der Waals surface area contributed by atoms with Crippen molar-refractivity contribution < 1.29 is 31.9 Å². The molecule has 0 aromatic carbocycles. The minimum atomic E-state index is -4.67. The summed E-state index contributed by atoms with van der Waals surface area (Å²) >= 11 is 0. The smallest absolute Gasteiger partial charge is 0.388 e. The summed E-state index contributed by atoms with van der Waals surface area (Å²) in [7, 11) is -1.43. The van der Waals surface area contributed by atoms with Gasteiger partial charge in [-0.3, -0.25) is 28.9 Å². The molecule has 198 valence electrons. The molecule has 0 atom stereocenters. The molecule has 0 fully saturated rings. The third-order valence-corrected chi connectivity index (χ3v) is 3.93. The van der Waals surface area contributed by atoms with Crippen LogP contribution in [0.2, 0.25) is 0 Å². The number of amidine groups is 1. The molecule has 0 aliphatic rings. The number of carbonyl (C=O) groups is 3. The average molecular weight is 530 g/mol. The van der Waals surface area contributed by atoms with Crippen LogP contribution in [0, 0.1) is 5.41 Å². The van der Waals surface area contributed by atoms with E-state index in [0.717, 1.165) is 0 Å². The topological polar surface area (TPSA) is 299 Å². The van der Waals surface area contributed by atoms with E-state index in [1.54, 1.807) is 20.3 Å². The van der Waals surface area contributed by atoms with Crippen LogP contribution >= 0.6 is 0 Å². The van der Waals surface area contributed by atoms with Gasteiger partial charge in [0, 0.05) is 39.5 Å². The molecule has 2 aromatic heterocycles. The van der Waals surface area contributed by atoms with E-state index in [9.17, 15) is 14.4 Å². The number of aryl methyl sites for hydroxylation is 2. The van der Waals surface area contributed by atoms with Crippen molar-refractivity contribution >= 4 is 51.4 Å². The van der Waals surface area contributed by atoms with Gasteiger partial charge in [-0.1, -0.05) is 0 Å². The van der Waals surface area contributed by atoms with Crippen molar-refractivity contribution in [3.8, 4) is 0 Å². The lowest BCUT2D eigenvalue weighted by Crippen LogP contribution is -2.29. The lowest BCUT2D eigenvalue weighted by atomic mass is 10.3. The maximum atomic E-state index is 12.6. The third-order valence-electron chi connectivity index (χ3n) is 3.93. The number of hydrogen-bond donors (Lipinski definition) is 9. The molecule has 0 aliphatic heterocycles. The van der Waals surface area contributed by atoms with Crippen LogP contribution in [0.25, 0.3) is 0 Å². The highest BCUT2D eigenvalue weighted by Gasteiger charge is 2.18. The fraction of sp³-hybridized carbons (Fsp3) is 0.294. The molecule has 3 amide bonds. The van der Waals surface area contributed by atoms with Crippen LogP contribution in [-0.2, 0) is 29.3 Å². The first-order valence-electron chi connectivity index (χ1n) is 9.74. The Hall–Kier alpha value is -4.49. The summed E-state index contributed by atoms with van der Waals surface area (Å²) in [5.74, 6) is -1.39. The summed E-state index contributed by atoms with van der Waals surface area (Å²) in [6.07, 6.45) is 3.26. The number of rotatable bonds is 9. The standard InChI is InChI=1S/C17H25N11O3.H2O4S/c1-27-7-9(24-13(29)6-23-17(20)21)5-10(27)15(30)26-12-8-28(2)14(25-12)16(31)22-4-3-11(18)19;1-5(2,3)4/h5,7-8H,3-4,6H2,1-2H3,(H3,18,19)(H,22,31)(H,24,29)(H,26,30)(H4,20,21,23);(H2,1,2,3,4). The minimum absolute atomic E-state index is 0.0394. The third kappa shape index (κ3) is 11.1. The van der Waals surface area contributed by atoms with E-state index >= 15 is 0 Å². The van der Waals surface area contributed by atoms with Gasteiger partial charge in [0.1, 0.15) is 12.2 Å². The molecule has 12 N–H and O–H groups in total. The number of anilines is 2. The number of nitrogens with zero attached hydrogens (tertiary/aromatic N) is 4. The molecular formula is C17H27N11O7S. The van der Waals surface area contributed by atoms with E-state index in [-0.39, 0.29) is 48.6 Å². The van der Waals surface area contributed by atoms with E-state index in [1.165, 1.54) is 21.4 Å². The number of hydrogen-bond acceptors (Lipinski definition) is 8. The van der Waals surface area contributed by atoms with Crippen LogP contribution < -0.4 is 33.2 Å². The lowest BCUT2D eigenvalue weighted by Gasteiger charge is -2.03. The van der Waals surface area contributed by atoms with Gasteiger partial charge in [-0.25, -0.2) is 9.98 Å². The Labute approximate surface area is 205 Å². The molecule has 0 spiro atoms. The highest BCUT2D eigenvalue weighted by molar-refractivity contribution is 7.79. The number of carbonyl (C=O) groups excluding carboxylic acids is 3. The quantitative estimate of drug-likeness (QED) is 0.0938. The Morgan fingerprint density at radius 2 is 1.69 bits per heavy atom. The summed E-state index contributed by atoms with van der Waals surface area (Å²) in [6, 6.07) is 1.47. The number of nitrogens with one attached hydrogen (secondary N) is 4. The summed E-state index contributed by atoms with van der Waals surface area (Å²) in [6.45, 7) is -0.0479. The number of amides is 3. The molecule has 0 bridgehead atoms. The largest absolute Gasteiger partial charge is 0.394 e. The fourth-order valence-corrected chi connectivity index (χ4v) is 2.53. The molecule has 2 heterocycles. The van der Waals surface area contributed by atoms with Gasteiger partial charge in [0.15, 0.2) is 11.8 Å². The normalized spacial score (nSPS) is 10.4. The first kappa shape index (κ1) is 29.5. The van der Waals surface area contributed by atoms with Crippen molar-refractivity contribution in [1.29, 1.82) is 5.41 Å². The summed E-state index contributed by atoms with van der Waals surface area (Å²) in [5.41, 5.74) is 16.3. The second-order valence-corrected chi connectivity index (χ2v) is 7.90. The molecule has 0 aliphatic carbocycles. The first-order valence-corrected chi connectivity index (χ1v) is 11.1. The van der Waals surface area contributed by atoms with Crippen LogP contribution in [0.4, 0.5) is 11.5 Å². The Kier molecular flexibility index (Phi) is 10.5. The van der Waals surface area contributed by atoms with Crippen molar-refractivity contribution in [1.82, 2.24) is 19.4 Å². The molecule has 2 rings (SSSR count). The van der Waals surface area contributed by atoms with Gasteiger partial charge in [0.25, 0.3) is 11.8 Å². The monoisotopic (exact) mass is 529 g/mol. The predicted molar refractivity (Wildman–Crippen MR) is 129 cm³/mol. The van der Waals surface area contributed by atoms with E-state index in [2.05, 4.69) is 25.9 Å². The van der Waals surface area contributed by atoms with E-state index in [1.807, 2.05) is 0 Å². The zero-order chi connectivity index (χ0) is 27.6. The summed E-state index contributed by atoms with van der Waals surface area (Å²) in [4.78, 5) is 44.3. The first-order chi connectivity index (χ1) is 16.6. The molecule has 0 radical (unpaired) electrons. The van der Waals surface area contributed by atoms with Crippen molar-refractivity contribution in [2.24, 2.45) is 36.3 Å². The maximum Gasteiger partial charge on any atom is 0.394 e. The van der Waals surface area contributed by atoms with E-state index < -0.39 is 28.1 Å². The van der Waals surface area contributed by atoms with Gasteiger partial charge in [0.2, 0.25) is 11.7 Å². The Morgan fingerprint density at radius 1 is 1.08 bits per heavy atom. The lowest BCUT2D eigenvalue weighted by molar-refractivity contribution is -0.114. The number of aliphatic imine (C=N–C) groups is 1. The van der Waals surface area contributed by atoms with Gasteiger partial charge in [-0.05, 0) is 6.07 Å². The minimum Gasteiger partial charge on any atom is -0.388 e. The van der Waals surface area contributed by atoms with Crippen molar-refractivity contribution in [2.75, 3.05) is 23.7 Å². The molecular weight excluding hydrogens is 502 g/mol. The van der Waals surface area contributed by atoms with Crippen molar-refractivity contribution in [3.05, 3.63) is 30.0 Å². The predicted octanol–water partition coefficient (Wildman–Crippen LogP) is -2.37. The van der Waals surface area contributed by atoms with Gasteiger partial charge < -0.3 is 42.3 Å². The Morgan fingerprint density at radius 3 is 2.25 bits per heavy atom. The number of aromatic nitrogens is 3. The second-order valence-electron chi connectivity index (χ2n) is 7.01. The fourth-order valence-electron chi connectivity index (χ4n) is 2.53. The molecule has 18 nitrogen and oxygen atoms in total. The maximum absolute atomic E-state index is 12.6. The number of nitrogens with two attached hydrogens (primary N) is 3. The molecule has 0 saturated carbocycles. The van der Waals surface area contributed by atoms with Crippen LogP contribution in [0.3, 0.4) is 0 Å². The van der Waals surface area contributed by atoms with Gasteiger partial charge in [-0.15, -0.1) is 0 Å². The molecule has 0 saturated heterocycles. The van der Waals surface area contributed by atoms with E-state index in [0.29, 0.717) is 5.69 Å². The zero-order valence-corrected chi connectivity index (χ0v) is 20.0. The summed E-state index contributed by atoms with van der Waals surface area (Å²) < 4.78 is 34.6. The van der Waals surface area contributed by atoms with Gasteiger partial charge >= 0.3 is 10.4 Å². The van der Waals surface area contributed by atoms with Crippen molar-refractivity contribution in [2.45, 2.75) is 6.42 Å². The highest BCUT2D eigenvalue weighted by Crippen LogP contribution is 2.15. The number of imidazole rings is 1. The van der Waals surface area contributed by atoms with Gasteiger partial charge in [0.05, 0.1) is 11.5 Å². The zero-order valence-electron chi connectivity index (χ0n) is 19.2. The average Bonchev–Trinajstić information content (AvgIpc) is 3.26. The molecule has 19 heteroatoms. The Bertz CT molecular complexity index is 1250. The molecule has 2 aromatic rings. The molecule has 0 unspecified atom stereocenters. The van der Waals surface area contributed by atoms with Crippen molar-refractivity contribution in [3.63, 3.8) is 0 Å². The van der Waals surface area contributed by atoms with Crippen LogP contribution in [0.1, 0.15) is 27.5 Å². The van der Waals surface area contributed by atoms with E-state index in [4.69, 9.17) is 40.1 Å². The Balaban J connectivity index is 0.00000118. The second kappa shape index (κ2) is 12.8. The SMILES string of the molecule is Cn1cc(NC(=O)CN=C(N)N)cc1C(=O)Nc1cn(C)c(C(=O)NCCC(=N)N)n1.O=S(=O)(O)O. The highest BCUT2D eigenvalue weighted by atomic mass is 32.3. The van der Waals surface area contributed by atoms with Gasteiger partial charge in [-0.2, -0.15) is 8.42 Å². The summed E-state index contributed by atoms with van der Waals surface area (Å²) in [5, 5.41) is 14.9. The van der Waals surface area contributed by atoms with Crippen LogP contribution in [0.5, 0.6) is 0 Å².